The van der Waals surface area contributed by atoms with Gasteiger partial charge in [-0.2, -0.15) is 0 Å². The number of anilines is 5. The number of benzene rings is 1. The number of aryl methyl sites for hydroxylation is 1. The number of hydrogen-bond acceptors (Lipinski definition) is 7. The van der Waals surface area contributed by atoms with Crippen molar-refractivity contribution in [3.8, 4) is 0 Å². The highest BCUT2D eigenvalue weighted by atomic mass is 19.1. The van der Waals surface area contributed by atoms with Crippen molar-refractivity contribution in [2.45, 2.75) is 20.8 Å². The maximum Gasteiger partial charge on any atom is 0.257 e. The number of hydrogen-bond donors (Lipinski definition) is 3. The average molecular weight is 479 g/mol. The van der Waals surface area contributed by atoms with Crippen LogP contribution in [0.1, 0.15) is 29.9 Å². The van der Waals surface area contributed by atoms with E-state index < -0.39 is 0 Å². The minimum atomic E-state index is -0.339. The van der Waals surface area contributed by atoms with E-state index in [9.17, 15) is 9.18 Å². The number of ether oxygens (including phenoxy) is 1. The van der Waals surface area contributed by atoms with Crippen molar-refractivity contribution in [3.05, 3.63) is 65.9 Å². The summed E-state index contributed by atoms with van der Waals surface area (Å²) in [6.07, 6.45) is 3.24. The van der Waals surface area contributed by atoms with Crippen molar-refractivity contribution in [1.82, 2.24) is 9.97 Å². The molecule has 1 aromatic carbocycles. The lowest BCUT2D eigenvalue weighted by Crippen LogP contribution is -2.36. The van der Waals surface area contributed by atoms with Crippen LogP contribution in [0, 0.1) is 18.7 Å². The Morgan fingerprint density at radius 1 is 1.06 bits per heavy atom. The van der Waals surface area contributed by atoms with Gasteiger partial charge in [-0.15, -0.1) is 0 Å². The van der Waals surface area contributed by atoms with Crippen molar-refractivity contribution in [2.75, 3.05) is 53.7 Å². The van der Waals surface area contributed by atoms with E-state index in [4.69, 9.17) is 4.74 Å². The number of rotatable bonds is 8. The van der Waals surface area contributed by atoms with Crippen molar-refractivity contribution >= 4 is 34.5 Å². The highest BCUT2D eigenvalue weighted by Gasteiger charge is 2.15. The zero-order valence-electron chi connectivity index (χ0n) is 20.3. The zero-order chi connectivity index (χ0) is 24.8. The summed E-state index contributed by atoms with van der Waals surface area (Å²) in [5.41, 5.74) is 3.55. The number of pyridine rings is 2. The van der Waals surface area contributed by atoms with E-state index in [-0.39, 0.29) is 11.7 Å². The van der Waals surface area contributed by atoms with Gasteiger partial charge < -0.3 is 25.6 Å². The molecule has 1 amide bonds. The Balaban J connectivity index is 1.46. The Morgan fingerprint density at radius 2 is 1.83 bits per heavy atom. The molecule has 184 valence electrons. The van der Waals surface area contributed by atoms with Crippen LogP contribution >= 0.6 is 0 Å². The third-order valence-electron chi connectivity index (χ3n) is 5.59. The molecule has 4 rings (SSSR count). The van der Waals surface area contributed by atoms with Crippen molar-refractivity contribution < 1.29 is 13.9 Å². The number of carbonyl (C=O) groups is 1. The van der Waals surface area contributed by atoms with Gasteiger partial charge in [-0.05, 0) is 49.2 Å². The first-order valence-electron chi connectivity index (χ1n) is 11.8. The van der Waals surface area contributed by atoms with Crippen LogP contribution in [-0.4, -0.2) is 48.7 Å². The number of nitrogens with zero attached hydrogens (tertiary/aromatic N) is 3. The number of amides is 1. The van der Waals surface area contributed by atoms with Crippen LogP contribution in [0.15, 0.2) is 48.8 Å². The van der Waals surface area contributed by atoms with Crippen molar-refractivity contribution in [3.63, 3.8) is 0 Å². The van der Waals surface area contributed by atoms with Gasteiger partial charge in [0.25, 0.3) is 5.91 Å². The lowest BCUT2D eigenvalue weighted by atomic mass is 10.1. The number of morpholine rings is 1. The van der Waals surface area contributed by atoms with Gasteiger partial charge in [0, 0.05) is 31.0 Å². The summed E-state index contributed by atoms with van der Waals surface area (Å²) in [4.78, 5) is 23.7. The van der Waals surface area contributed by atoms with Crippen molar-refractivity contribution in [2.24, 2.45) is 5.92 Å². The second kappa shape index (κ2) is 11.1. The Hall–Kier alpha value is -3.72. The Kier molecular flexibility index (Phi) is 7.77. The van der Waals surface area contributed by atoms with E-state index in [1.807, 2.05) is 12.1 Å². The smallest absolute Gasteiger partial charge is 0.257 e. The fourth-order valence-electron chi connectivity index (χ4n) is 3.73. The summed E-state index contributed by atoms with van der Waals surface area (Å²) in [5.74, 6) is 0.628. The largest absolute Gasteiger partial charge is 0.378 e. The van der Waals surface area contributed by atoms with Crippen LogP contribution in [0.2, 0.25) is 0 Å². The van der Waals surface area contributed by atoms with E-state index in [0.717, 1.165) is 18.1 Å². The summed E-state index contributed by atoms with van der Waals surface area (Å²) < 4.78 is 19.7. The maximum absolute atomic E-state index is 14.3. The number of aromatic nitrogens is 2. The van der Waals surface area contributed by atoms with E-state index in [1.54, 1.807) is 31.5 Å². The molecule has 35 heavy (non-hydrogen) atoms. The molecule has 0 aliphatic carbocycles. The van der Waals surface area contributed by atoms with Crippen LogP contribution in [0.4, 0.5) is 33.0 Å². The van der Waals surface area contributed by atoms with Crippen molar-refractivity contribution in [1.29, 1.82) is 0 Å². The molecule has 3 aromatic rings. The fourth-order valence-corrected chi connectivity index (χ4v) is 3.73. The highest BCUT2D eigenvalue weighted by molar-refractivity contribution is 6.05. The molecule has 0 atom stereocenters. The predicted molar refractivity (Wildman–Crippen MR) is 137 cm³/mol. The van der Waals surface area contributed by atoms with Gasteiger partial charge in [0.05, 0.1) is 48.2 Å². The quantitative estimate of drug-likeness (QED) is 0.427. The SMILES string of the molecule is Cc1ncc(Nc2cc(F)cc(N3CCOCC3)c2)cc1C(=O)Nc1ccc(NCC(C)C)nc1. The molecule has 0 radical (unpaired) electrons. The molecule has 3 N–H and O–H groups in total. The third-order valence-corrected chi connectivity index (χ3v) is 5.59. The standard InChI is InChI=1S/C26H31FN6O2/c1-17(2)14-29-25-5-4-20(15-30-25)32-26(34)24-13-22(16-28-18(24)3)31-21-10-19(27)11-23(12-21)33-6-8-35-9-7-33/h4-5,10-13,15-17,31H,6-9,14H2,1-3H3,(H,29,30)(H,32,34). The number of nitrogens with one attached hydrogen (secondary N) is 3. The Labute approximate surface area is 204 Å². The number of halogens is 1. The first kappa shape index (κ1) is 24.4. The molecule has 0 saturated carbocycles. The topological polar surface area (TPSA) is 91.4 Å². The zero-order valence-corrected chi connectivity index (χ0v) is 20.3. The molecule has 0 spiro atoms. The molecule has 1 saturated heterocycles. The normalized spacial score (nSPS) is 13.6. The highest BCUT2D eigenvalue weighted by Crippen LogP contribution is 2.26. The van der Waals surface area contributed by atoms with Crippen LogP contribution in [0.3, 0.4) is 0 Å². The predicted octanol–water partition coefficient (Wildman–Crippen LogP) is 4.82. The van der Waals surface area contributed by atoms with Gasteiger partial charge in [-0.1, -0.05) is 13.8 Å². The van der Waals surface area contributed by atoms with E-state index in [2.05, 4.69) is 44.7 Å². The molecule has 1 fully saturated rings. The second-order valence-electron chi connectivity index (χ2n) is 8.94. The minimum absolute atomic E-state index is 0.295. The first-order chi connectivity index (χ1) is 16.9. The van der Waals surface area contributed by atoms with Crippen LogP contribution in [0.25, 0.3) is 0 Å². The minimum Gasteiger partial charge on any atom is -0.378 e. The molecule has 2 aromatic heterocycles. The summed E-state index contributed by atoms with van der Waals surface area (Å²) >= 11 is 0. The van der Waals surface area contributed by atoms with Gasteiger partial charge in [0.1, 0.15) is 11.6 Å². The second-order valence-corrected chi connectivity index (χ2v) is 8.94. The first-order valence-corrected chi connectivity index (χ1v) is 11.8. The van der Waals surface area contributed by atoms with E-state index in [1.165, 1.54) is 12.1 Å². The molecule has 9 heteroatoms. The van der Waals surface area contributed by atoms with Gasteiger partial charge >= 0.3 is 0 Å². The van der Waals surface area contributed by atoms with Gasteiger partial charge in [0.2, 0.25) is 0 Å². The Morgan fingerprint density at radius 3 is 2.54 bits per heavy atom. The van der Waals surface area contributed by atoms with Gasteiger partial charge in [0.15, 0.2) is 0 Å². The average Bonchev–Trinajstić information content (AvgIpc) is 2.85. The van der Waals surface area contributed by atoms with Crippen LogP contribution in [-0.2, 0) is 4.74 Å². The molecular weight excluding hydrogens is 447 g/mol. The summed E-state index contributed by atoms with van der Waals surface area (Å²) in [7, 11) is 0. The molecule has 8 nitrogen and oxygen atoms in total. The lowest BCUT2D eigenvalue weighted by Gasteiger charge is -2.29. The van der Waals surface area contributed by atoms with Crippen LogP contribution in [0.5, 0.6) is 0 Å². The number of carbonyl (C=O) groups excluding carboxylic acids is 1. The summed E-state index contributed by atoms with van der Waals surface area (Å²) in [6, 6.07) is 10.2. The Bertz CT molecular complexity index is 1160. The van der Waals surface area contributed by atoms with Crippen LogP contribution < -0.4 is 20.9 Å². The molecule has 0 bridgehead atoms. The molecule has 1 aliphatic heterocycles. The fraction of sp³-hybridized carbons (Fsp3) is 0.346. The monoisotopic (exact) mass is 478 g/mol. The third kappa shape index (κ3) is 6.66. The maximum atomic E-state index is 14.3. The molecular formula is C26H31FN6O2. The van der Waals surface area contributed by atoms with Gasteiger partial charge in [-0.25, -0.2) is 9.37 Å². The molecule has 1 aliphatic rings. The van der Waals surface area contributed by atoms with Gasteiger partial charge in [-0.3, -0.25) is 9.78 Å². The summed E-state index contributed by atoms with van der Waals surface area (Å²) in [6.45, 7) is 9.50. The molecule has 0 unspecified atom stereocenters. The summed E-state index contributed by atoms with van der Waals surface area (Å²) in [5, 5.41) is 9.29. The lowest BCUT2D eigenvalue weighted by molar-refractivity contribution is 0.102. The van der Waals surface area contributed by atoms with E-state index in [0.29, 0.717) is 60.5 Å². The molecule has 3 heterocycles. The van der Waals surface area contributed by atoms with E-state index >= 15 is 0 Å².